The van der Waals surface area contributed by atoms with Crippen molar-refractivity contribution in [1.82, 2.24) is 0 Å². The summed E-state index contributed by atoms with van der Waals surface area (Å²) in [5.41, 5.74) is 2.22. The Morgan fingerprint density at radius 1 is 0.875 bits per heavy atom. The Kier molecular flexibility index (Phi) is 3.78. The van der Waals surface area contributed by atoms with Gasteiger partial charge in [0.2, 0.25) is 0 Å². The van der Waals surface area contributed by atoms with Gasteiger partial charge in [0, 0.05) is 16.8 Å². The van der Waals surface area contributed by atoms with Gasteiger partial charge in [-0.3, -0.25) is 0 Å². The Balaban J connectivity index is 2.09. The molecule has 0 atom stereocenters. The topological polar surface area (TPSA) is 12.4 Å². The first-order valence-electron chi connectivity index (χ1n) is 5.18. The molecule has 0 spiro atoms. The molecule has 80 valence electrons. The van der Waals surface area contributed by atoms with Crippen molar-refractivity contribution in [1.29, 1.82) is 0 Å². The van der Waals surface area contributed by atoms with Crippen LogP contribution in [0, 0.1) is 0 Å². The van der Waals surface area contributed by atoms with E-state index in [4.69, 9.17) is 0 Å². The smallest absolute Gasteiger partial charge is 0.0532 e. The summed E-state index contributed by atoms with van der Waals surface area (Å²) in [6.45, 7) is 2.03. The summed E-state index contributed by atoms with van der Waals surface area (Å²) < 4.78 is 4.50. The lowest BCUT2D eigenvalue weighted by Gasteiger charge is -1.99. The summed E-state index contributed by atoms with van der Waals surface area (Å²) in [5.74, 6) is 0. The first-order chi connectivity index (χ1) is 7.86. The van der Waals surface area contributed by atoms with Crippen molar-refractivity contribution in [3.05, 3.63) is 66.2 Å². The van der Waals surface area contributed by atoms with Crippen molar-refractivity contribution in [2.45, 2.75) is 11.8 Å². The minimum absolute atomic E-state index is 1.05. The minimum Gasteiger partial charge on any atom is -0.216 e. The number of hydrogen-bond acceptors (Lipinski definition) is 2. The zero-order valence-corrected chi connectivity index (χ0v) is 9.95. The van der Waals surface area contributed by atoms with E-state index in [2.05, 4.69) is 28.7 Å². The van der Waals surface area contributed by atoms with Crippen molar-refractivity contribution >= 4 is 17.7 Å². The van der Waals surface area contributed by atoms with E-state index >= 15 is 0 Å². The molecule has 16 heavy (non-hydrogen) atoms. The molecule has 0 aliphatic heterocycles. The van der Waals surface area contributed by atoms with Crippen molar-refractivity contribution in [3.8, 4) is 0 Å². The van der Waals surface area contributed by atoms with Crippen molar-refractivity contribution < 1.29 is 0 Å². The third-order valence-electron chi connectivity index (χ3n) is 2.22. The Labute approximate surface area is 100 Å². The predicted molar refractivity (Wildman–Crippen MR) is 71.0 cm³/mol. The highest BCUT2D eigenvalue weighted by molar-refractivity contribution is 7.98. The molecule has 0 aliphatic carbocycles. The molecule has 0 saturated heterocycles. The van der Waals surface area contributed by atoms with Crippen LogP contribution in [0.5, 0.6) is 0 Å². The van der Waals surface area contributed by atoms with Crippen LogP contribution >= 0.6 is 11.9 Å². The van der Waals surface area contributed by atoms with Crippen molar-refractivity contribution in [2.24, 2.45) is 4.40 Å². The fourth-order valence-corrected chi connectivity index (χ4v) is 1.96. The van der Waals surface area contributed by atoms with Gasteiger partial charge in [0.15, 0.2) is 0 Å². The molecule has 2 aromatic rings. The maximum atomic E-state index is 4.50. The van der Waals surface area contributed by atoms with E-state index in [1.807, 2.05) is 43.3 Å². The molecule has 0 N–H and O–H groups in total. The highest BCUT2D eigenvalue weighted by Gasteiger charge is 1.96. The molecule has 2 heteroatoms. The maximum absolute atomic E-state index is 4.50. The van der Waals surface area contributed by atoms with E-state index in [1.54, 1.807) is 0 Å². The van der Waals surface area contributed by atoms with Gasteiger partial charge in [-0.25, -0.2) is 4.40 Å². The second-order valence-corrected chi connectivity index (χ2v) is 4.28. The lowest BCUT2D eigenvalue weighted by atomic mass is 10.1. The van der Waals surface area contributed by atoms with Crippen molar-refractivity contribution in [2.75, 3.05) is 0 Å². The Hall–Kier alpha value is -1.54. The first kappa shape index (κ1) is 11.0. The molecular weight excluding hydrogens is 214 g/mol. The summed E-state index contributed by atoms with van der Waals surface area (Å²) >= 11 is 1.51. The summed E-state index contributed by atoms with van der Waals surface area (Å²) in [4.78, 5) is 1.16. The Bertz CT molecular complexity index is 463. The molecule has 0 aromatic heterocycles. The van der Waals surface area contributed by atoms with Gasteiger partial charge in [-0.2, -0.15) is 0 Å². The Morgan fingerprint density at radius 3 is 2.06 bits per heavy atom. The van der Waals surface area contributed by atoms with Crippen LogP contribution in [-0.2, 0) is 0 Å². The molecule has 0 radical (unpaired) electrons. The average molecular weight is 227 g/mol. The van der Waals surface area contributed by atoms with Gasteiger partial charge in [0.1, 0.15) is 0 Å². The minimum atomic E-state index is 1.05. The van der Waals surface area contributed by atoms with Crippen LogP contribution < -0.4 is 0 Å². The van der Waals surface area contributed by atoms with Crippen LogP contribution in [0.25, 0.3) is 0 Å². The number of rotatable bonds is 3. The summed E-state index contributed by atoms with van der Waals surface area (Å²) in [6.07, 6.45) is 0. The van der Waals surface area contributed by atoms with Gasteiger partial charge in [-0.1, -0.05) is 48.5 Å². The van der Waals surface area contributed by atoms with E-state index in [9.17, 15) is 0 Å². The molecule has 0 fully saturated rings. The molecule has 2 aromatic carbocycles. The molecule has 1 nitrogen and oxygen atoms in total. The second kappa shape index (κ2) is 5.52. The third-order valence-corrected chi connectivity index (χ3v) is 3.07. The number of hydrogen-bond donors (Lipinski definition) is 0. The van der Waals surface area contributed by atoms with E-state index in [0.29, 0.717) is 0 Å². The molecular formula is C14H13NS. The van der Waals surface area contributed by atoms with Crippen LogP contribution in [0.3, 0.4) is 0 Å². The molecule has 2 rings (SSSR count). The lowest BCUT2D eigenvalue weighted by molar-refractivity contribution is 1.46. The van der Waals surface area contributed by atoms with Crippen LogP contribution in [0.4, 0.5) is 0 Å². The van der Waals surface area contributed by atoms with Gasteiger partial charge in [0.05, 0.1) is 5.71 Å². The van der Waals surface area contributed by atoms with E-state index < -0.39 is 0 Å². The van der Waals surface area contributed by atoms with Crippen LogP contribution in [-0.4, -0.2) is 5.71 Å². The fourth-order valence-electron chi connectivity index (χ4n) is 1.33. The van der Waals surface area contributed by atoms with Crippen molar-refractivity contribution in [3.63, 3.8) is 0 Å². The summed E-state index contributed by atoms with van der Waals surface area (Å²) in [5, 5.41) is 0. The third kappa shape index (κ3) is 2.97. The maximum Gasteiger partial charge on any atom is 0.0532 e. The van der Waals surface area contributed by atoms with Gasteiger partial charge in [-0.05, 0) is 24.6 Å². The quantitative estimate of drug-likeness (QED) is 0.565. The standard InChI is InChI=1S/C14H13NS/c1-12(13-8-4-2-5-9-13)15-16-14-10-6-3-7-11-14/h2-11H,1H3. The molecule has 0 saturated carbocycles. The van der Waals surface area contributed by atoms with E-state index in [1.165, 1.54) is 17.5 Å². The zero-order chi connectivity index (χ0) is 11.2. The number of nitrogens with zero attached hydrogens (tertiary/aromatic N) is 1. The summed E-state index contributed by atoms with van der Waals surface area (Å²) in [7, 11) is 0. The molecule has 0 unspecified atom stereocenters. The predicted octanol–water partition coefficient (Wildman–Crippen LogP) is 4.20. The highest BCUT2D eigenvalue weighted by Crippen LogP contribution is 2.19. The first-order valence-corrected chi connectivity index (χ1v) is 5.96. The number of benzene rings is 2. The van der Waals surface area contributed by atoms with Gasteiger partial charge >= 0.3 is 0 Å². The normalized spacial score (nSPS) is 11.4. The fraction of sp³-hybridized carbons (Fsp3) is 0.0714. The van der Waals surface area contributed by atoms with Crippen LogP contribution in [0.2, 0.25) is 0 Å². The molecule has 0 amide bonds. The molecule has 0 heterocycles. The monoisotopic (exact) mass is 227 g/mol. The van der Waals surface area contributed by atoms with Crippen LogP contribution in [0.1, 0.15) is 12.5 Å². The molecule has 0 aliphatic rings. The second-order valence-electron chi connectivity index (χ2n) is 3.45. The SMILES string of the molecule is CC(=NSc1ccccc1)c1ccccc1. The highest BCUT2D eigenvalue weighted by atomic mass is 32.2. The van der Waals surface area contributed by atoms with Gasteiger partial charge in [0.25, 0.3) is 0 Å². The largest absolute Gasteiger partial charge is 0.216 e. The molecule has 0 bridgehead atoms. The average Bonchev–Trinajstić information content (AvgIpc) is 2.38. The Morgan fingerprint density at radius 2 is 1.44 bits per heavy atom. The van der Waals surface area contributed by atoms with Gasteiger partial charge in [-0.15, -0.1) is 0 Å². The van der Waals surface area contributed by atoms with Crippen LogP contribution in [0.15, 0.2) is 70.0 Å². The summed E-state index contributed by atoms with van der Waals surface area (Å²) in [6, 6.07) is 20.4. The van der Waals surface area contributed by atoms with Gasteiger partial charge < -0.3 is 0 Å². The van der Waals surface area contributed by atoms with E-state index in [0.717, 1.165) is 10.6 Å². The zero-order valence-electron chi connectivity index (χ0n) is 9.13. The van der Waals surface area contributed by atoms with E-state index in [-0.39, 0.29) is 0 Å². The lowest BCUT2D eigenvalue weighted by Crippen LogP contribution is -1.91.